The van der Waals surface area contributed by atoms with Crippen LogP contribution in [0.3, 0.4) is 0 Å². The second-order valence-electron chi connectivity index (χ2n) is 8.57. The largest absolute Gasteiger partial charge is 0.393 e. The van der Waals surface area contributed by atoms with Crippen LogP contribution in [-0.2, 0) is 0 Å². The number of hydrogen-bond donors (Lipinski definition) is 1. The van der Waals surface area contributed by atoms with Crippen LogP contribution in [0.25, 0.3) is 0 Å². The number of halogens is 1. The summed E-state index contributed by atoms with van der Waals surface area (Å²) >= 11 is 6.36. The SMILES string of the molecule is CC(O)CCCCCCCCCCCCCCCCC(Cl)CCN(C)C. The topological polar surface area (TPSA) is 23.5 Å². The maximum absolute atomic E-state index is 9.21. The molecule has 0 aliphatic heterocycles. The summed E-state index contributed by atoms with van der Waals surface area (Å²) in [6.07, 6.45) is 22.4. The van der Waals surface area contributed by atoms with Gasteiger partial charge in [-0.15, -0.1) is 11.6 Å². The minimum Gasteiger partial charge on any atom is -0.393 e. The average molecular weight is 390 g/mol. The lowest BCUT2D eigenvalue weighted by molar-refractivity contribution is 0.180. The molecule has 0 fully saturated rings. The van der Waals surface area contributed by atoms with Gasteiger partial charge in [-0.25, -0.2) is 0 Å². The number of aliphatic hydroxyl groups excluding tert-OH is 1. The predicted molar refractivity (Wildman–Crippen MR) is 118 cm³/mol. The van der Waals surface area contributed by atoms with E-state index in [1.807, 2.05) is 6.92 Å². The van der Waals surface area contributed by atoms with Crippen LogP contribution in [-0.4, -0.2) is 42.1 Å². The minimum atomic E-state index is -0.111. The highest BCUT2D eigenvalue weighted by atomic mass is 35.5. The molecule has 0 amide bonds. The minimum absolute atomic E-state index is 0.111. The van der Waals surface area contributed by atoms with Gasteiger partial charge in [-0.2, -0.15) is 0 Å². The van der Waals surface area contributed by atoms with Crippen LogP contribution in [0, 0.1) is 0 Å². The van der Waals surface area contributed by atoms with E-state index in [1.165, 1.54) is 96.3 Å². The van der Waals surface area contributed by atoms with Crippen molar-refractivity contribution < 1.29 is 5.11 Å². The Morgan fingerprint density at radius 1 is 0.615 bits per heavy atom. The zero-order valence-corrected chi connectivity index (χ0v) is 18.9. The molecule has 0 saturated carbocycles. The molecular formula is C23H48ClNO. The predicted octanol–water partition coefficient (Wildman–Crippen LogP) is 7.17. The van der Waals surface area contributed by atoms with Gasteiger partial charge in [-0.3, -0.25) is 0 Å². The summed E-state index contributed by atoms with van der Waals surface area (Å²) in [4.78, 5) is 2.22. The third-order valence-corrected chi connectivity index (χ3v) is 5.72. The number of rotatable bonds is 20. The van der Waals surface area contributed by atoms with Crippen LogP contribution in [0.1, 0.15) is 116 Å². The Labute approximate surface area is 170 Å². The van der Waals surface area contributed by atoms with E-state index in [-0.39, 0.29) is 6.10 Å². The van der Waals surface area contributed by atoms with Crippen LogP contribution in [0.5, 0.6) is 0 Å². The van der Waals surface area contributed by atoms with Gasteiger partial charge in [0.15, 0.2) is 0 Å². The van der Waals surface area contributed by atoms with Crippen molar-refractivity contribution in [3.63, 3.8) is 0 Å². The zero-order valence-electron chi connectivity index (χ0n) is 18.2. The van der Waals surface area contributed by atoms with Crippen molar-refractivity contribution in [3.05, 3.63) is 0 Å². The Morgan fingerprint density at radius 3 is 1.31 bits per heavy atom. The summed E-state index contributed by atoms with van der Waals surface area (Å²) < 4.78 is 0. The number of aliphatic hydroxyl groups is 1. The molecule has 0 spiro atoms. The van der Waals surface area contributed by atoms with E-state index in [0.29, 0.717) is 5.38 Å². The van der Waals surface area contributed by atoms with Crippen molar-refractivity contribution in [2.45, 2.75) is 128 Å². The van der Waals surface area contributed by atoms with Crippen LogP contribution < -0.4 is 0 Å². The first-order chi connectivity index (χ1) is 12.5. The summed E-state index contributed by atoms with van der Waals surface area (Å²) in [6, 6.07) is 0. The smallest absolute Gasteiger partial charge is 0.0512 e. The third kappa shape index (κ3) is 22.3. The van der Waals surface area contributed by atoms with Gasteiger partial charge in [0.05, 0.1) is 6.10 Å². The Morgan fingerprint density at radius 2 is 0.962 bits per heavy atom. The van der Waals surface area contributed by atoms with E-state index in [0.717, 1.165) is 19.4 Å². The Kier molecular flexibility index (Phi) is 20.1. The van der Waals surface area contributed by atoms with E-state index >= 15 is 0 Å². The van der Waals surface area contributed by atoms with Crippen LogP contribution in [0.4, 0.5) is 0 Å². The van der Waals surface area contributed by atoms with Gasteiger partial charge in [0.2, 0.25) is 0 Å². The number of unbranched alkanes of at least 4 members (excludes halogenated alkanes) is 13. The van der Waals surface area contributed by atoms with Gasteiger partial charge in [-0.1, -0.05) is 89.9 Å². The highest BCUT2D eigenvalue weighted by Gasteiger charge is 2.04. The molecule has 0 bridgehead atoms. The summed E-state index contributed by atoms with van der Waals surface area (Å²) in [5.41, 5.74) is 0. The van der Waals surface area contributed by atoms with Gasteiger partial charge < -0.3 is 10.0 Å². The lowest BCUT2D eigenvalue weighted by Crippen LogP contribution is -2.16. The van der Waals surface area contributed by atoms with Gasteiger partial charge in [0.1, 0.15) is 0 Å². The first kappa shape index (κ1) is 26.2. The third-order valence-electron chi connectivity index (χ3n) is 5.28. The molecule has 2 nitrogen and oxygen atoms in total. The van der Waals surface area contributed by atoms with Crippen molar-refractivity contribution in [1.82, 2.24) is 4.90 Å². The fraction of sp³-hybridized carbons (Fsp3) is 1.00. The second-order valence-corrected chi connectivity index (χ2v) is 9.18. The van der Waals surface area contributed by atoms with E-state index < -0.39 is 0 Å². The van der Waals surface area contributed by atoms with Gasteiger partial charge in [0, 0.05) is 5.38 Å². The van der Waals surface area contributed by atoms with Crippen LogP contribution in [0.2, 0.25) is 0 Å². The average Bonchev–Trinajstić information content (AvgIpc) is 2.59. The Balaban J connectivity index is 3.09. The van der Waals surface area contributed by atoms with Crippen molar-refractivity contribution in [1.29, 1.82) is 0 Å². The summed E-state index contributed by atoms with van der Waals surface area (Å²) in [5, 5.41) is 9.58. The molecule has 0 aromatic heterocycles. The van der Waals surface area contributed by atoms with Gasteiger partial charge >= 0.3 is 0 Å². The monoisotopic (exact) mass is 389 g/mol. The summed E-state index contributed by atoms with van der Waals surface area (Å²) in [7, 11) is 4.23. The van der Waals surface area contributed by atoms with E-state index in [1.54, 1.807) is 0 Å². The zero-order chi connectivity index (χ0) is 19.5. The molecule has 3 heteroatoms. The van der Waals surface area contributed by atoms with Crippen LogP contribution in [0.15, 0.2) is 0 Å². The van der Waals surface area contributed by atoms with E-state index in [9.17, 15) is 5.11 Å². The normalized spacial score (nSPS) is 14.1. The molecule has 158 valence electrons. The Hall–Kier alpha value is 0.210. The van der Waals surface area contributed by atoms with Gasteiger partial charge in [-0.05, 0) is 46.8 Å². The maximum Gasteiger partial charge on any atom is 0.0512 e. The molecule has 0 heterocycles. The second kappa shape index (κ2) is 20.0. The van der Waals surface area contributed by atoms with Crippen molar-refractivity contribution in [2.75, 3.05) is 20.6 Å². The number of nitrogens with zero attached hydrogens (tertiary/aromatic N) is 1. The van der Waals surface area contributed by atoms with E-state index in [2.05, 4.69) is 19.0 Å². The molecule has 0 aliphatic carbocycles. The molecular weight excluding hydrogens is 342 g/mol. The highest BCUT2D eigenvalue weighted by molar-refractivity contribution is 6.20. The van der Waals surface area contributed by atoms with E-state index in [4.69, 9.17) is 11.6 Å². The molecule has 2 atom stereocenters. The summed E-state index contributed by atoms with van der Waals surface area (Å²) in [5.74, 6) is 0. The maximum atomic E-state index is 9.21. The van der Waals surface area contributed by atoms with Crippen LogP contribution >= 0.6 is 11.6 Å². The summed E-state index contributed by atoms with van der Waals surface area (Å²) in [6.45, 7) is 3.00. The molecule has 2 unspecified atom stereocenters. The lowest BCUT2D eigenvalue weighted by atomic mass is 10.0. The molecule has 26 heavy (non-hydrogen) atoms. The fourth-order valence-corrected chi connectivity index (χ4v) is 3.72. The lowest BCUT2D eigenvalue weighted by Gasteiger charge is -2.13. The molecule has 0 aromatic rings. The first-order valence-electron chi connectivity index (χ1n) is 11.5. The molecule has 0 aliphatic rings. The number of hydrogen-bond acceptors (Lipinski definition) is 2. The molecule has 0 rings (SSSR count). The molecule has 1 N–H and O–H groups in total. The van der Waals surface area contributed by atoms with Gasteiger partial charge in [0.25, 0.3) is 0 Å². The van der Waals surface area contributed by atoms with Crippen molar-refractivity contribution >= 4 is 11.6 Å². The number of alkyl halides is 1. The molecule has 0 aromatic carbocycles. The standard InChI is InChI=1S/C23H48ClNO/c1-22(26)18-16-14-12-10-8-6-4-5-7-9-11-13-15-17-19-23(24)20-21-25(2)3/h22-23,26H,4-21H2,1-3H3. The quantitative estimate of drug-likeness (QED) is 0.176. The van der Waals surface area contributed by atoms with Crippen molar-refractivity contribution in [3.8, 4) is 0 Å². The van der Waals surface area contributed by atoms with Crippen molar-refractivity contribution in [2.24, 2.45) is 0 Å². The molecule has 0 saturated heterocycles. The highest BCUT2D eigenvalue weighted by Crippen LogP contribution is 2.16. The molecule has 0 radical (unpaired) electrons. The fourth-order valence-electron chi connectivity index (χ4n) is 3.47. The first-order valence-corrected chi connectivity index (χ1v) is 11.9. The Bertz CT molecular complexity index is 271.